The van der Waals surface area contributed by atoms with Gasteiger partial charge in [0.25, 0.3) is 0 Å². The monoisotopic (exact) mass is 548 g/mol. The van der Waals surface area contributed by atoms with Crippen LogP contribution in [-0.4, -0.2) is 26.8 Å². The van der Waals surface area contributed by atoms with Crippen molar-refractivity contribution in [3.05, 3.63) is 125 Å². The highest BCUT2D eigenvalue weighted by Gasteiger charge is 2.23. The number of nitrogens with one attached hydrogen (secondary N) is 1. The molecule has 0 bridgehead atoms. The number of hydrogen-bond donors (Lipinski definition) is 2. The minimum atomic E-state index is -1.13. The van der Waals surface area contributed by atoms with E-state index in [0.29, 0.717) is 39.5 Å². The highest BCUT2D eigenvalue weighted by molar-refractivity contribution is 6.34. The van der Waals surface area contributed by atoms with Gasteiger partial charge in [0.2, 0.25) is 0 Å². The molecule has 5 nitrogen and oxygen atoms in total. The Balaban J connectivity index is 1.52. The average molecular weight is 549 g/mol. The number of carboxylic acid groups (broad SMARTS) is 1. The molecule has 6 heteroatoms. The third kappa shape index (κ3) is 5.75. The number of carbonyl (C=O) groups is 2. The first-order valence-electron chi connectivity index (χ1n) is 13.3. The molecule has 1 aromatic heterocycles. The molecule has 5 aromatic rings. The second kappa shape index (κ2) is 12.1. The van der Waals surface area contributed by atoms with Gasteiger partial charge in [-0.1, -0.05) is 110 Å². The molecule has 1 heterocycles. The minimum absolute atomic E-state index is 0.0155. The Bertz CT molecular complexity index is 1640. The molecule has 0 aliphatic heterocycles. The number of halogens is 1. The largest absolute Gasteiger partial charge is 0.478 e. The van der Waals surface area contributed by atoms with Crippen LogP contribution in [0.2, 0.25) is 5.02 Å². The maximum absolute atomic E-state index is 13.4. The standard InChI is InChI=1S/C34H29ClN2O3/c1-2-10-24(22-11-5-3-6-12-22)20-31(38)25-17-18-26(28(19-25)34(39)40)32-27(15-9-16-29(32)35)33-36-21-30(37-33)23-13-7-4-8-14-23/h3-9,11-19,21,24H,2,10,20H2,1H3,(H,36,37)(H,39,40)/t24-/m0/s1. The number of rotatable bonds is 10. The van der Waals surface area contributed by atoms with Gasteiger partial charge in [-0.05, 0) is 41.2 Å². The smallest absolute Gasteiger partial charge is 0.336 e. The van der Waals surface area contributed by atoms with Crippen LogP contribution in [0.4, 0.5) is 0 Å². The van der Waals surface area contributed by atoms with Crippen molar-refractivity contribution in [2.45, 2.75) is 32.1 Å². The molecule has 0 radical (unpaired) electrons. The summed E-state index contributed by atoms with van der Waals surface area (Å²) in [5.41, 5.74) is 4.96. The molecule has 0 unspecified atom stereocenters. The van der Waals surface area contributed by atoms with E-state index in [2.05, 4.69) is 16.9 Å². The van der Waals surface area contributed by atoms with Crippen LogP contribution in [0.25, 0.3) is 33.8 Å². The Morgan fingerprint density at radius 1 is 0.900 bits per heavy atom. The molecule has 4 aromatic carbocycles. The number of benzene rings is 4. The summed E-state index contributed by atoms with van der Waals surface area (Å²) in [6.07, 6.45) is 3.87. The molecule has 40 heavy (non-hydrogen) atoms. The molecular formula is C34H29ClN2O3. The first-order valence-corrected chi connectivity index (χ1v) is 13.7. The third-order valence-corrected chi connectivity index (χ3v) is 7.43. The van der Waals surface area contributed by atoms with Gasteiger partial charge in [-0.15, -0.1) is 0 Å². The number of aromatic carboxylic acids is 1. The lowest BCUT2D eigenvalue weighted by Crippen LogP contribution is -2.10. The number of nitrogens with zero attached hydrogens (tertiary/aromatic N) is 1. The zero-order valence-electron chi connectivity index (χ0n) is 22.1. The molecule has 2 N–H and O–H groups in total. The van der Waals surface area contributed by atoms with Gasteiger partial charge in [-0.2, -0.15) is 0 Å². The molecule has 0 fully saturated rings. The van der Waals surface area contributed by atoms with E-state index in [1.165, 1.54) is 6.07 Å². The summed E-state index contributed by atoms with van der Waals surface area (Å²) in [6, 6.07) is 30.0. The fraction of sp³-hybridized carbons (Fsp3) is 0.147. The summed E-state index contributed by atoms with van der Waals surface area (Å²) in [7, 11) is 0. The van der Waals surface area contributed by atoms with Crippen molar-refractivity contribution < 1.29 is 14.7 Å². The fourth-order valence-electron chi connectivity index (χ4n) is 5.13. The predicted molar refractivity (Wildman–Crippen MR) is 160 cm³/mol. The molecule has 5 rings (SSSR count). The third-order valence-electron chi connectivity index (χ3n) is 7.11. The maximum atomic E-state index is 13.4. The van der Waals surface area contributed by atoms with E-state index in [4.69, 9.17) is 11.6 Å². The Morgan fingerprint density at radius 3 is 2.33 bits per heavy atom. The highest BCUT2D eigenvalue weighted by atomic mass is 35.5. The number of carboxylic acids is 1. The van der Waals surface area contributed by atoms with Gasteiger partial charge >= 0.3 is 5.97 Å². The van der Waals surface area contributed by atoms with Crippen LogP contribution in [0.5, 0.6) is 0 Å². The normalized spacial score (nSPS) is 11.8. The van der Waals surface area contributed by atoms with Crippen LogP contribution >= 0.6 is 11.6 Å². The Morgan fingerprint density at radius 2 is 1.62 bits per heavy atom. The van der Waals surface area contributed by atoms with Crippen molar-refractivity contribution >= 4 is 23.4 Å². The van der Waals surface area contributed by atoms with Gasteiger partial charge in [0.15, 0.2) is 5.78 Å². The second-order valence-electron chi connectivity index (χ2n) is 9.76. The van der Waals surface area contributed by atoms with E-state index in [0.717, 1.165) is 29.7 Å². The van der Waals surface area contributed by atoms with E-state index in [-0.39, 0.29) is 17.3 Å². The topological polar surface area (TPSA) is 83.0 Å². The van der Waals surface area contributed by atoms with Crippen molar-refractivity contribution in [3.63, 3.8) is 0 Å². The van der Waals surface area contributed by atoms with E-state index in [1.54, 1.807) is 24.4 Å². The summed E-state index contributed by atoms with van der Waals surface area (Å²) < 4.78 is 0. The summed E-state index contributed by atoms with van der Waals surface area (Å²) in [4.78, 5) is 33.8. The van der Waals surface area contributed by atoms with Crippen LogP contribution in [0.3, 0.4) is 0 Å². The van der Waals surface area contributed by atoms with E-state index >= 15 is 0 Å². The van der Waals surface area contributed by atoms with Crippen LogP contribution in [0, 0.1) is 0 Å². The van der Waals surface area contributed by atoms with Crippen molar-refractivity contribution in [1.29, 1.82) is 0 Å². The molecule has 0 spiro atoms. The van der Waals surface area contributed by atoms with Crippen molar-refractivity contribution in [3.8, 4) is 33.8 Å². The Kier molecular flexibility index (Phi) is 8.23. The molecule has 200 valence electrons. The molecule has 0 saturated carbocycles. The molecule has 0 aliphatic rings. The summed E-state index contributed by atoms with van der Waals surface area (Å²) in [6.45, 7) is 2.10. The van der Waals surface area contributed by atoms with E-state index in [1.807, 2.05) is 72.8 Å². The van der Waals surface area contributed by atoms with Gasteiger partial charge in [-0.3, -0.25) is 4.79 Å². The van der Waals surface area contributed by atoms with Crippen LogP contribution in [0.15, 0.2) is 103 Å². The number of aromatic nitrogens is 2. The van der Waals surface area contributed by atoms with Gasteiger partial charge in [0, 0.05) is 28.1 Å². The molecule has 0 aliphatic carbocycles. The number of ketones is 1. The predicted octanol–water partition coefficient (Wildman–Crippen LogP) is 8.92. The molecule has 0 amide bonds. The van der Waals surface area contributed by atoms with Gasteiger partial charge in [0.05, 0.1) is 17.5 Å². The average Bonchev–Trinajstić information content (AvgIpc) is 3.48. The molecule has 0 saturated heterocycles. The highest BCUT2D eigenvalue weighted by Crippen LogP contribution is 2.39. The van der Waals surface area contributed by atoms with Gasteiger partial charge < -0.3 is 10.1 Å². The first kappa shape index (κ1) is 27.1. The Labute approximate surface area is 238 Å². The SMILES string of the molecule is CCC[C@@H](CC(=O)c1ccc(-c2c(Cl)cccc2-c2ncc(-c3ccccc3)[nH]2)c(C(=O)O)c1)c1ccccc1. The van der Waals surface area contributed by atoms with E-state index in [9.17, 15) is 14.7 Å². The quantitative estimate of drug-likeness (QED) is 0.171. The summed E-state index contributed by atoms with van der Waals surface area (Å²) >= 11 is 6.69. The van der Waals surface area contributed by atoms with E-state index < -0.39 is 5.97 Å². The zero-order valence-corrected chi connectivity index (χ0v) is 22.9. The van der Waals surface area contributed by atoms with Gasteiger partial charge in [0.1, 0.15) is 5.82 Å². The lowest BCUT2D eigenvalue weighted by atomic mass is 9.87. The minimum Gasteiger partial charge on any atom is -0.478 e. The van der Waals surface area contributed by atoms with Crippen molar-refractivity contribution in [2.24, 2.45) is 0 Å². The lowest BCUT2D eigenvalue weighted by molar-refractivity contribution is 0.0697. The second-order valence-corrected chi connectivity index (χ2v) is 10.2. The van der Waals surface area contributed by atoms with Crippen LogP contribution in [0.1, 0.15) is 58.4 Å². The maximum Gasteiger partial charge on any atom is 0.336 e. The number of carbonyl (C=O) groups excluding carboxylic acids is 1. The zero-order chi connectivity index (χ0) is 28.1. The summed E-state index contributed by atoms with van der Waals surface area (Å²) in [5.74, 6) is -0.583. The van der Waals surface area contributed by atoms with Crippen molar-refractivity contribution in [2.75, 3.05) is 0 Å². The number of hydrogen-bond acceptors (Lipinski definition) is 3. The van der Waals surface area contributed by atoms with Crippen LogP contribution < -0.4 is 0 Å². The number of H-pyrrole nitrogens is 1. The first-order chi connectivity index (χ1) is 19.5. The molecular weight excluding hydrogens is 520 g/mol. The summed E-state index contributed by atoms with van der Waals surface area (Å²) in [5, 5.41) is 10.6. The van der Waals surface area contributed by atoms with Gasteiger partial charge in [-0.25, -0.2) is 9.78 Å². The molecule has 1 atom stereocenters. The Hall–Kier alpha value is -4.48. The number of aromatic amines is 1. The lowest BCUT2D eigenvalue weighted by Gasteiger charge is -2.17. The number of Topliss-reactive ketones (excluding diaryl/α,β-unsaturated/α-hetero) is 1. The fourth-order valence-corrected chi connectivity index (χ4v) is 5.41. The van der Waals surface area contributed by atoms with Crippen molar-refractivity contribution in [1.82, 2.24) is 9.97 Å². The number of imidazole rings is 1. The van der Waals surface area contributed by atoms with Crippen LogP contribution in [-0.2, 0) is 0 Å².